The molecule has 8 heteroatoms. The van der Waals surface area contributed by atoms with E-state index in [9.17, 15) is 18.0 Å². The third kappa shape index (κ3) is 7.13. The molecule has 0 aromatic heterocycles. The molecule has 0 atom stereocenters. The first-order valence-electron chi connectivity index (χ1n) is 8.71. The summed E-state index contributed by atoms with van der Waals surface area (Å²) in [5, 5.41) is 2.76. The van der Waals surface area contributed by atoms with Crippen molar-refractivity contribution in [2.75, 3.05) is 13.2 Å². The van der Waals surface area contributed by atoms with Crippen LogP contribution in [0.25, 0.3) is 0 Å². The summed E-state index contributed by atoms with van der Waals surface area (Å²) >= 11 is 0. The minimum absolute atomic E-state index is 0.0607. The molecule has 0 saturated carbocycles. The fourth-order valence-corrected chi connectivity index (χ4v) is 3.70. The van der Waals surface area contributed by atoms with Gasteiger partial charge in [-0.05, 0) is 43.9 Å². The normalized spacial score (nSPS) is 11.4. The van der Waals surface area contributed by atoms with Crippen LogP contribution in [0.1, 0.15) is 44.2 Å². The summed E-state index contributed by atoms with van der Waals surface area (Å²) < 4.78 is 31.9. The third-order valence-corrected chi connectivity index (χ3v) is 5.57. The summed E-state index contributed by atoms with van der Waals surface area (Å²) in [6.45, 7) is 6.98. The lowest BCUT2D eigenvalue weighted by Crippen LogP contribution is -2.37. The van der Waals surface area contributed by atoms with Gasteiger partial charge in [0.1, 0.15) is 0 Å². The van der Waals surface area contributed by atoms with Gasteiger partial charge in [0.2, 0.25) is 10.0 Å². The molecule has 0 bridgehead atoms. The molecule has 1 rings (SSSR count). The van der Waals surface area contributed by atoms with Crippen LogP contribution in [0, 0.1) is 13.8 Å². The Morgan fingerprint density at radius 2 is 1.81 bits per heavy atom. The van der Waals surface area contributed by atoms with E-state index in [4.69, 9.17) is 4.74 Å². The van der Waals surface area contributed by atoms with Gasteiger partial charge in [0.25, 0.3) is 5.91 Å². The van der Waals surface area contributed by atoms with Gasteiger partial charge in [-0.15, -0.1) is 0 Å². The molecule has 0 heterocycles. The van der Waals surface area contributed by atoms with Crippen molar-refractivity contribution in [2.24, 2.45) is 0 Å². The lowest BCUT2D eigenvalue weighted by Gasteiger charge is -2.14. The van der Waals surface area contributed by atoms with Gasteiger partial charge in [-0.3, -0.25) is 9.59 Å². The van der Waals surface area contributed by atoms with Crippen molar-refractivity contribution in [1.82, 2.24) is 10.0 Å². The maximum absolute atomic E-state index is 12.3. The zero-order valence-corrected chi connectivity index (χ0v) is 16.6. The number of amides is 1. The molecule has 0 aliphatic carbocycles. The average molecular weight is 384 g/mol. The molecule has 26 heavy (non-hydrogen) atoms. The molecule has 0 saturated heterocycles. The van der Waals surface area contributed by atoms with Crippen molar-refractivity contribution in [1.29, 1.82) is 0 Å². The lowest BCUT2D eigenvalue weighted by molar-refractivity contribution is -0.148. The minimum atomic E-state index is -3.70. The molecular formula is C18H28N2O5S. The molecule has 1 aromatic carbocycles. The molecule has 0 aliphatic heterocycles. The van der Waals surface area contributed by atoms with Gasteiger partial charge in [-0.25, -0.2) is 13.1 Å². The first-order valence-corrected chi connectivity index (χ1v) is 10.2. The number of sulfonamides is 1. The van der Waals surface area contributed by atoms with Gasteiger partial charge in [0.15, 0.2) is 6.61 Å². The molecule has 0 fully saturated rings. The van der Waals surface area contributed by atoms with Crippen LogP contribution >= 0.6 is 0 Å². The van der Waals surface area contributed by atoms with Crippen LogP contribution in [0.15, 0.2) is 23.1 Å². The summed E-state index contributed by atoms with van der Waals surface area (Å²) in [4.78, 5) is 23.5. The Bertz CT molecular complexity index is 727. The van der Waals surface area contributed by atoms with Crippen molar-refractivity contribution in [3.8, 4) is 0 Å². The Kier molecular flexibility index (Phi) is 8.74. The van der Waals surface area contributed by atoms with Gasteiger partial charge in [0.05, 0.1) is 11.3 Å². The van der Waals surface area contributed by atoms with E-state index >= 15 is 0 Å². The molecule has 1 aromatic rings. The molecule has 0 spiro atoms. The molecule has 1 amide bonds. The van der Waals surface area contributed by atoms with Crippen molar-refractivity contribution in [3.05, 3.63) is 29.3 Å². The quantitative estimate of drug-likeness (QED) is 0.599. The van der Waals surface area contributed by atoms with Crippen LogP contribution in [0.3, 0.4) is 0 Å². The third-order valence-electron chi connectivity index (χ3n) is 3.97. The van der Waals surface area contributed by atoms with Gasteiger partial charge in [-0.2, -0.15) is 0 Å². The average Bonchev–Trinajstić information content (AvgIpc) is 2.59. The van der Waals surface area contributed by atoms with Gasteiger partial charge in [-0.1, -0.05) is 26.0 Å². The maximum atomic E-state index is 12.3. The number of ether oxygens (including phenoxy) is 1. The van der Waals surface area contributed by atoms with Crippen molar-refractivity contribution < 1.29 is 22.7 Å². The number of aryl methyl sites for hydroxylation is 2. The summed E-state index contributed by atoms with van der Waals surface area (Å²) in [5.74, 6) is -0.989. The first-order chi connectivity index (χ1) is 12.2. The standard InChI is InChI=1S/C18H28N2O5S/c1-5-15(6-2)20-17(21)12-25-18(22)9-10-19-26(23,24)16-11-13(3)7-8-14(16)4/h7-8,11,15,19H,5-6,9-10,12H2,1-4H3,(H,20,21). The van der Waals surface area contributed by atoms with Crippen molar-refractivity contribution in [3.63, 3.8) is 0 Å². The van der Waals surface area contributed by atoms with E-state index in [1.54, 1.807) is 19.1 Å². The number of hydrogen-bond acceptors (Lipinski definition) is 5. The van der Waals surface area contributed by atoms with E-state index < -0.39 is 16.0 Å². The zero-order valence-electron chi connectivity index (χ0n) is 15.8. The Labute approximate surface area is 155 Å². The van der Waals surface area contributed by atoms with Crippen LogP contribution in [0.4, 0.5) is 0 Å². The van der Waals surface area contributed by atoms with Crippen molar-refractivity contribution in [2.45, 2.75) is 57.9 Å². The van der Waals surface area contributed by atoms with Crippen LogP contribution in [-0.4, -0.2) is 39.5 Å². The molecule has 2 N–H and O–H groups in total. The second kappa shape index (κ2) is 10.3. The van der Waals surface area contributed by atoms with E-state index in [-0.39, 0.29) is 36.4 Å². The summed E-state index contributed by atoms with van der Waals surface area (Å²) in [7, 11) is -3.70. The molecule has 0 radical (unpaired) electrons. The number of carbonyl (C=O) groups is 2. The van der Waals surface area contributed by atoms with E-state index in [0.717, 1.165) is 18.4 Å². The lowest BCUT2D eigenvalue weighted by atomic mass is 10.2. The Balaban J connectivity index is 2.43. The topological polar surface area (TPSA) is 102 Å². The largest absolute Gasteiger partial charge is 0.456 e. The fraction of sp³-hybridized carbons (Fsp3) is 0.556. The second-order valence-corrected chi connectivity index (χ2v) is 7.89. The minimum Gasteiger partial charge on any atom is -0.456 e. The fourth-order valence-electron chi connectivity index (χ4n) is 2.34. The Morgan fingerprint density at radius 1 is 1.15 bits per heavy atom. The summed E-state index contributed by atoms with van der Waals surface area (Å²) in [6.07, 6.45) is 1.45. The van der Waals surface area contributed by atoms with Crippen LogP contribution in [-0.2, 0) is 24.3 Å². The van der Waals surface area contributed by atoms with E-state index in [1.165, 1.54) is 0 Å². The zero-order chi connectivity index (χ0) is 19.7. The number of nitrogens with one attached hydrogen (secondary N) is 2. The van der Waals surface area contributed by atoms with Gasteiger partial charge >= 0.3 is 5.97 Å². The van der Waals surface area contributed by atoms with Crippen LogP contribution < -0.4 is 10.0 Å². The van der Waals surface area contributed by atoms with Gasteiger partial charge < -0.3 is 10.1 Å². The maximum Gasteiger partial charge on any atom is 0.307 e. The van der Waals surface area contributed by atoms with E-state index in [1.807, 2.05) is 26.8 Å². The number of esters is 1. The van der Waals surface area contributed by atoms with Gasteiger partial charge in [0, 0.05) is 12.6 Å². The number of hydrogen-bond donors (Lipinski definition) is 2. The monoisotopic (exact) mass is 384 g/mol. The number of rotatable bonds is 10. The summed E-state index contributed by atoms with van der Waals surface area (Å²) in [5.41, 5.74) is 1.46. The molecular weight excluding hydrogens is 356 g/mol. The predicted octanol–water partition coefficient (Wildman–Crippen LogP) is 1.82. The van der Waals surface area contributed by atoms with Crippen molar-refractivity contribution >= 4 is 21.9 Å². The Hall–Kier alpha value is -1.93. The first kappa shape index (κ1) is 22.1. The number of carbonyl (C=O) groups excluding carboxylic acids is 2. The molecule has 0 unspecified atom stereocenters. The highest BCUT2D eigenvalue weighted by Crippen LogP contribution is 2.16. The molecule has 0 aliphatic rings. The number of benzene rings is 1. The van der Waals surface area contributed by atoms with E-state index in [0.29, 0.717) is 5.56 Å². The smallest absolute Gasteiger partial charge is 0.307 e. The molecule has 7 nitrogen and oxygen atoms in total. The van der Waals surface area contributed by atoms with Crippen LogP contribution in [0.5, 0.6) is 0 Å². The summed E-state index contributed by atoms with van der Waals surface area (Å²) in [6, 6.07) is 5.21. The highest BCUT2D eigenvalue weighted by Gasteiger charge is 2.17. The highest BCUT2D eigenvalue weighted by atomic mass is 32.2. The highest BCUT2D eigenvalue weighted by molar-refractivity contribution is 7.89. The Morgan fingerprint density at radius 3 is 2.42 bits per heavy atom. The SMILES string of the molecule is CCC(CC)NC(=O)COC(=O)CCNS(=O)(=O)c1cc(C)ccc1C. The molecule has 146 valence electrons. The predicted molar refractivity (Wildman–Crippen MR) is 99.2 cm³/mol. The van der Waals surface area contributed by atoms with Crippen LogP contribution in [0.2, 0.25) is 0 Å². The van der Waals surface area contributed by atoms with E-state index in [2.05, 4.69) is 10.0 Å². The second-order valence-electron chi connectivity index (χ2n) is 6.16.